The molecule has 70 valence electrons. The molecule has 4 nitrogen and oxygen atoms in total. The first-order valence-corrected chi connectivity index (χ1v) is 4.18. The molecule has 12 heavy (non-hydrogen) atoms. The largest absolute Gasteiger partial charge is 0.481 e. The Morgan fingerprint density at radius 1 is 1.75 bits per heavy atom. The molecule has 4 heteroatoms. The van der Waals surface area contributed by atoms with Crippen LogP contribution in [0.2, 0.25) is 0 Å². The second kappa shape index (κ2) is 4.42. The van der Waals surface area contributed by atoms with Gasteiger partial charge in [0.1, 0.15) is 0 Å². The fraction of sp³-hybridized carbons (Fsp3) is 0.875. The highest BCUT2D eigenvalue weighted by molar-refractivity contribution is 5.70. The van der Waals surface area contributed by atoms with Crippen LogP contribution in [0.3, 0.4) is 0 Å². The molecule has 0 radical (unpaired) electrons. The Bertz CT molecular complexity index is 158. The van der Waals surface area contributed by atoms with Gasteiger partial charge >= 0.3 is 5.97 Å². The van der Waals surface area contributed by atoms with Crippen LogP contribution in [0.15, 0.2) is 0 Å². The van der Waals surface area contributed by atoms with E-state index >= 15 is 0 Å². The fourth-order valence-electron chi connectivity index (χ4n) is 1.56. The molecule has 1 aliphatic heterocycles. The average molecular weight is 173 g/mol. The summed E-state index contributed by atoms with van der Waals surface area (Å²) >= 11 is 0. The maximum atomic E-state index is 10.6. The van der Waals surface area contributed by atoms with Gasteiger partial charge < -0.3 is 9.84 Å². The highest BCUT2D eigenvalue weighted by Gasteiger charge is 2.24. The van der Waals surface area contributed by atoms with Crippen molar-refractivity contribution in [2.75, 3.05) is 26.9 Å². The summed E-state index contributed by atoms with van der Waals surface area (Å²) in [5, 5.41) is 8.76. The maximum absolute atomic E-state index is 10.6. The van der Waals surface area contributed by atoms with Crippen LogP contribution in [0.25, 0.3) is 0 Å². The lowest BCUT2D eigenvalue weighted by atomic mass is 9.99. The van der Waals surface area contributed by atoms with Gasteiger partial charge in [-0.3, -0.25) is 9.69 Å². The van der Waals surface area contributed by atoms with E-state index in [1.165, 1.54) is 0 Å². The van der Waals surface area contributed by atoms with Gasteiger partial charge in [-0.05, 0) is 12.8 Å². The van der Waals surface area contributed by atoms with Crippen LogP contribution in [0.4, 0.5) is 0 Å². The first kappa shape index (κ1) is 9.48. The molecule has 0 bridgehead atoms. The van der Waals surface area contributed by atoms with Crippen LogP contribution < -0.4 is 0 Å². The van der Waals surface area contributed by atoms with Gasteiger partial charge in [0.25, 0.3) is 0 Å². The number of aliphatic carboxylic acids is 1. The summed E-state index contributed by atoms with van der Waals surface area (Å²) in [6.45, 7) is 2.13. The maximum Gasteiger partial charge on any atom is 0.307 e. The van der Waals surface area contributed by atoms with Gasteiger partial charge in [-0.25, -0.2) is 0 Å². The Balaban J connectivity index is 2.35. The number of carbonyl (C=O) groups is 1. The molecular weight excluding hydrogens is 158 g/mol. The van der Waals surface area contributed by atoms with Gasteiger partial charge in [0.2, 0.25) is 0 Å². The van der Waals surface area contributed by atoms with Crippen molar-refractivity contribution in [1.29, 1.82) is 0 Å². The second-order valence-electron chi connectivity index (χ2n) is 3.17. The van der Waals surface area contributed by atoms with Crippen LogP contribution in [-0.2, 0) is 9.53 Å². The van der Waals surface area contributed by atoms with E-state index in [9.17, 15) is 4.79 Å². The minimum absolute atomic E-state index is 0.200. The number of hydrogen-bond acceptors (Lipinski definition) is 3. The van der Waals surface area contributed by atoms with Crippen LogP contribution in [0, 0.1) is 5.92 Å². The third kappa shape index (κ3) is 2.46. The fourth-order valence-corrected chi connectivity index (χ4v) is 1.56. The number of carboxylic acid groups (broad SMARTS) is 1. The van der Waals surface area contributed by atoms with E-state index in [1.54, 1.807) is 7.11 Å². The Morgan fingerprint density at radius 3 is 3.08 bits per heavy atom. The van der Waals surface area contributed by atoms with Crippen molar-refractivity contribution in [2.24, 2.45) is 5.92 Å². The minimum Gasteiger partial charge on any atom is -0.481 e. The first-order valence-electron chi connectivity index (χ1n) is 4.18. The van der Waals surface area contributed by atoms with Crippen molar-refractivity contribution in [1.82, 2.24) is 4.90 Å². The summed E-state index contributed by atoms with van der Waals surface area (Å²) < 4.78 is 4.94. The van der Waals surface area contributed by atoms with Crippen LogP contribution in [0.5, 0.6) is 0 Å². The van der Waals surface area contributed by atoms with Gasteiger partial charge in [-0.1, -0.05) is 0 Å². The minimum atomic E-state index is -0.684. The number of methoxy groups -OCH3 is 1. The van der Waals surface area contributed by atoms with Crippen LogP contribution in [-0.4, -0.2) is 42.9 Å². The van der Waals surface area contributed by atoms with Crippen molar-refractivity contribution in [3.8, 4) is 0 Å². The van der Waals surface area contributed by atoms with E-state index in [0.717, 1.165) is 19.4 Å². The molecule has 1 saturated heterocycles. The summed E-state index contributed by atoms with van der Waals surface area (Å²) in [5.41, 5.74) is 0. The second-order valence-corrected chi connectivity index (χ2v) is 3.17. The Morgan fingerprint density at radius 2 is 2.50 bits per heavy atom. The molecule has 0 aliphatic carbocycles. The molecule has 0 spiro atoms. The van der Waals surface area contributed by atoms with Crippen LogP contribution >= 0.6 is 0 Å². The predicted octanol–water partition coefficient (Wildman–Crippen LogP) is 0.387. The summed E-state index contributed by atoms with van der Waals surface area (Å²) in [6, 6.07) is 0. The summed E-state index contributed by atoms with van der Waals surface area (Å²) in [6.07, 6.45) is 1.76. The van der Waals surface area contributed by atoms with Gasteiger partial charge in [0.15, 0.2) is 0 Å². The molecule has 1 fully saturated rings. The van der Waals surface area contributed by atoms with E-state index in [4.69, 9.17) is 9.84 Å². The summed E-state index contributed by atoms with van der Waals surface area (Å²) in [5.74, 6) is -0.885. The molecule has 1 unspecified atom stereocenters. The standard InChI is InChI=1S/C8H15NO3/c1-12-6-9-4-2-3-7(5-9)8(10)11/h7H,2-6H2,1H3,(H,10,11). The zero-order chi connectivity index (χ0) is 8.97. The Kier molecular flexibility index (Phi) is 3.49. The van der Waals surface area contributed by atoms with Gasteiger partial charge in [-0.15, -0.1) is 0 Å². The van der Waals surface area contributed by atoms with E-state index in [1.807, 2.05) is 4.90 Å². The molecule has 0 aromatic heterocycles. The molecule has 0 aromatic rings. The number of ether oxygens (including phenoxy) is 1. The molecule has 1 heterocycles. The normalized spacial score (nSPS) is 25.6. The van der Waals surface area contributed by atoms with E-state index in [-0.39, 0.29) is 5.92 Å². The van der Waals surface area contributed by atoms with E-state index < -0.39 is 5.97 Å². The number of nitrogens with zero attached hydrogens (tertiary/aromatic N) is 1. The monoisotopic (exact) mass is 173 g/mol. The molecular formula is C8H15NO3. The lowest BCUT2D eigenvalue weighted by Gasteiger charge is -2.29. The van der Waals surface area contributed by atoms with E-state index in [2.05, 4.69) is 0 Å². The quantitative estimate of drug-likeness (QED) is 0.670. The molecule has 1 aliphatic rings. The van der Waals surface area contributed by atoms with Crippen molar-refractivity contribution < 1.29 is 14.6 Å². The third-order valence-electron chi connectivity index (χ3n) is 2.17. The number of hydrogen-bond donors (Lipinski definition) is 1. The van der Waals surface area contributed by atoms with Gasteiger partial charge in [-0.2, -0.15) is 0 Å². The van der Waals surface area contributed by atoms with Crippen molar-refractivity contribution in [3.63, 3.8) is 0 Å². The van der Waals surface area contributed by atoms with Gasteiger partial charge in [0, 0.05) is 20.2 Å². The summed E-state index contributed by atoms with van der Waals surface area (Å²) in [4.78, 5) is 12.7. The third-order valence-corrected chi connectivity index (χ3v) is 2.17. The summed E-state index contributed by atoms with van der Waals surface area (Å²) in [7, 11) is 1.63. The molecule has 0 amide bonds. The molecule has 0 saturated carbocycles. The molecule has 1 atom stereocenters. The average Bonchev–Trinajstić information content (AvgIpc) is 2.05. The molecule has 0 aromatic carbocycles. The smallest absolute Gasteiger partial charge is 0.307 e. The number of carboxylic acids is 1. The zero-order valence-electron chi connectivity index (χ0n) is 7.32. The van der Waals surface area contributed by atoms with Crippen LogP contribution in [0.1, 0.15) is 12.8 Å². The van der Waals surface area contributed by atoms with Gasteiger partial charge in [0.05, 0.1) is 12.6 Å². The predicted molar refractivity (Wildman–Crippen MR) is 43.8 cm³/mol. The number of piperidine rings is 1. The number of rotatable bonds is 3. The highest BCUT2D eigenvalue weighted by atomic mass is 16.5. The van der Waals surface area contributed by atoms with E-state index in [0.29, 0.717) is 13.3 Å². The SMILES string of the molecule is COCN1CCCC(C(=O)O)C1. The van der Waals surface area contributed by atoms with Crippen molar-refractivity contribution in [2.45, 2.75) is 12.8 Å². The highest BCUT2D eigenvalue weighted by Crippen LogP contribution is 2.15. The van der Waals surface area contributed by atoms with Crippen molar-refractivity contribution in [3.05, 3.63) is 0 Å². The molecule has 1 N–H and O–H groups in total. The zero-order valence-corrected chi connectivity index (χ0v) is 7.32. The Hall–Kier alpha value is -0.610. The topological polar surface area (TPSA) is 49.8 Å². The lowest BCUT2D eigenvalue weighted by molar-refractivity contribution is -0.144. The first-order chi connectivity index (χ1) is 5.74. The lowest BCUT2D eigenvalue weighted by Crippen LogP contribution is -2.39. The number of likely N-dealkylation sites (tertiary alicyclic amines) is 1. The Labute approximate surface area is 72.1 Å². The molecule has 1 rings (SSSR count). The van der Waals surface area contributed by atoms with Crippen molar-refractivity contribution >= 4 is 5.97 Å².